The molecule has 29 heavy (non-hydrogen) atoms. The van der Waals surface area contributed by atoms with Crippen LogP contribution in [0.25, 0.3) is 5.57 Å². The average molecular weight is 388 g/mol. The van der Waals surface area contributed by atoms with Crippen molar-refractivity contribution in [3.63, 3.8) is 0 Å². The van der Waals surface area contributed by atoms with Gasteiger partial charge in [-0.25, -0.2) is 4.39 Å². The van der Waals surface area contributed by atoms with E-state index in [0.29, 0.717) is 29.9 Å². The topological polar surface area (TPSA) is 66.0 Å². The Hall–Kier alpha value is -3.67. The fraction of sp³-hybridized carbons (Fsp3) is 0.130. The van der Waals surface area contributed by atoms with Crippen molar-refractivity contribution in [3.05, 3.63) is 89.6 Å². The van der Waals surface area contributed by atoms with Gasteiger partial charge in [0.25, 0.3) is 5.91 Å². The maximum Gasteiger partial charge on any atom is 0.257 e. The van der Waals surface area contributed by atoms with E-state index in [-0.39, 0.29) is 11.7 Å². The van der Waals surface area contributed by atoms with Crippen molar-refractivity contribution in [3.8, 4) is 0 Å². The van der Waals surface area contributed by atoms with E-state index in [9.17, 15) is 9.18 Å². The molecule has 0 radical (unpaired) electrons. The molecule has 0 aliphatic carbocycles. The molecule has 4 rings (SSSR count). The number of aryl methyl sites for hydroxylation is 1. The number of rotatable bonds is 6. The fourth-order valence-electron chi connectivity index (χ4n) is 3.35. The molecule has 5 nitrogen and oxygen atoms in total. The molecule has 0 saturated carbocycles. The minimum Gasteiger partial charge on any atom is -0.382 e. The first-order chi connectivity index (χ1) is 14.1. The van der Waals surface area contributed by atoms with Crippen LogP contribution in [0.4, 0.5) is 21.5 Å². The van der Waals surface area contributed by atoms with E-state index in [2.05, 4.69) is 20.9 Å². The van der Waals surface area contributed by atoms with Crippen LogP contribution in [0.5, 0.6) is 0 Å². The minimum atomic E-state index is -0.359. The summed E-state index contributed by atoms with van der Waals surface area (Å²) in [5.74, 6) is -0.531. The second kappa shape index (κ2) is 8.14. The van der Waals surface area contributed by atoms with Gasteiger partial charge in [-0.15, -0.1) is 0 Å². The standard InChI is InChI=1S/C23H21FN4O/c1-15-5-4-7-21-22(15)18(23(29)28-21)14-27-17-8-9-20(19(24)13-17)26-12-10-16-6-2-3-11-25-16/h2-9,11,13-14,26-27H,10,12H2,1H3,(H,28,29). The molecule has 0 atom stereocenters. The fourth-order valence-corrected chi connectivity index (χ4v) is 3.35. The van der Waals surface area contributed by atoms with Crippen LogP contribution in [0.15, 0.2) is 67.0 Å². The van der Waals surface area contributed by atoms with Crippen LogP contribution in [0, 0.1) is 12.7 Å². The zero-order valence-corrected chi connectivity index (χ0v) is 16.0. The summed E-state index contributed by atoms with van der Waals surface area (Å²) >= 11 is 0. The van der Waals surface area contributed by atoms with Gasteiger partial charge in [0.1, 0.15) is 5.82 Å². The number of benzene rings is 2. The Bertz CT molecular complexity index is 1080. The summed E-state index contributed by atoms with van der Waals surface area (Å²) in [5, 5.41) is 8.97. The number of amides is 1. The molecule has 3 N–H and O–H groups in total. The molecule has 0 spiro atoms. The van der Waals surface area contributed by atoms with Crippen LogP contribution in [-0.4, -0.2) is 17.4 Å². The number of fused-ring (bicyclic) bond motifs is 1. The molecule has 3 aromatic rings. The van der Waals surface area contributed by atoms with E-state index in [4.69, 9.17) is 0 Å². The van der Waals surface area contributed by atoms with Gasteiger partial charge in [0.2, 0.25) is 0 Å². The van der Waals surface area contributed by atoms with Gasteiger partial charge in [-0.2, -0.15) is 0 Å². The third kappa shape index (κ3) is 4.11. The molecule has 0 bridgehead atoms. The number of hydrogen-bond acceptors (Lipinski definition) is 4. The lowest BCUT2D eigenvalue weighted by Gasteiger charge is -2.10. The van der Waals surface area contributed by atoms with Gasteiger partial charge < -0.3 is 16.0 Å². The highest BCUT2D eigenvalue weighted by atomic mass is 19.1. The van der Waals surface area contributed by atoms with Gasteiger partial charge in [-0.1, -0.05) is 18.2 Å². The van der Waals surface area contributed by atoms with Crippen LogP contribution in [0.2, 0.25) is 0 Å². The second-order valence-corrected chi connectivity index (χ2v) is 6.85. The van der Waals surface area contributed by atoms with E-state index in [1.807, 2.05) is 43.3 Å². The highest BCUT2D eigenvalue weighted by Crippen LogP contribution is 2.34. The lowest BCUT2D eigenvalue weighted by atomic mass is 10.0. The normalized spacial score (nSPS) is 13.9. The average Bonchev–Trinajstić information content (AvgIpc) is 3.05. The predicted molar refractivity (Wildman–Crippen MR) is 114 cm³/mol. The molecule has 146 valence electrons. The molecule has 0 unspecified atom stereocenters. The Morgan fingerprint density at radius 3 is 2.83 bits per heavy atom. The molecule has 1 aromatic heterocycles. The van der Waals surface area contributed by atoms with Crippen molar-refractivity contribution < 1.29 is 9.18 Å². The predicted octanol–water partition coefficient (Wildman–Crippen LogP) is 4.59. The number of halogens is 1. The Morgan fingerprint density at radius 2 is 2.03 bits per heavy atom. The van der Waals surface area contributed by atoms with E-state index < -0.39 is 0 Å². The molecule has 2 heterocycles. The summed E-state index contributed by atoms with van der Waals surface area (Å²) in [6.07, 6.45) is 4.08. The van der Waals surface area contributed by atoms with Crippen LogP contribution in [0.3, 0.4) is 0 Å². The molecule has 0 fully saturated rings. The molecular formula is C23H21FN4O. The zero-order chi connectivity index (χ0) is 20.2. The number of pyridine rings is 1. The number of aromatic nitrogens is 1. The minimum absolute atomic E-state index is 0.171. The quantitative estimate of drug-likeness (QED) is 0.541. The van der Waals surface area contributed by atoms with Crippen LogP contribution >= 0.6 is 0 Å². The number of hydrogen-bond donors (Lipinski definition) is 3. The summed E-state index contributed by atoms with van der Waals surface area (Å²) in [7, 11) is 0. The van der Waals surface area contributed by atoms with Crippen molar-refractivity contribution in [1.82, 2.24) is 4.98 Å². The largest absolute Gasteiger partial charge is 0.382 e. The van der Waals surface area contributed by atoms with Gasteiger partial charge in [-0.3, -0.25) is 9.78 Å². The lowest BCUT2D eigenvalue weighted by Crippen LogP contribution is -2.07. The molecule has 1 aliphatic rings. The number of nitrogens with zero attached hydrogens (tertiary/aromatic N) is 1. The van der Waals surface area contributed by atoms with E-state index in [0.717, 1.165) is 22.5 Å². The van der Waals surface area contributed by atoms with E-state index in [1.165, 1.54) is 6.07 Å². The van der Waals surface area contributed by atoms with Gasteiger partial charge in [-0.05, 0) is 48.9 Å². The van der Waals surface area contributed by atoms with Crippen LogP contribution in [0.1, 0.15) is 16.8 Å². The Balaban J connectivity index is 1.43. The number of nitrogens with one attached hydrogen (secondary N) is 3. The van der Waals surface area contributed by atoms with Crippen molar-refractivity contribution in [2.45, 2.75) is 13.3 Å². The zero-order valence-electron chi connectivity index (χ0n) is 16.0. The Kier molecular flexibility index (Phi) is 5.24. The second-order valence-electron chi connectivity index (χ2n) is 6.85. The number of carbonyl (C=O) groups is 1. The molecule has 1 aliphatic heterocycles. The monoisotopic (exact) mass is 388 g/mol. The summed E-state index contributed by atoms with van der Waals surface area (Å²) in [6.45, 7) is 2.54. The summed E-state index contributed by atoms with van der Waals surface area (Å²) in [4.78, 5) is 16.5. The Morgan fingerprint density at radius 1 is 1.14 bits per heavy atom. The van der Waals surface area contributed by atoms with Crippen molar-refractivity contribution in [1.29, 1.82) is 0 Å². The van der Waals surface area contributed by atoms with Gasteiger partial charge in [0.15, 0.2) is 0 Å². The highest BCUT2D eigenvalue weighted by molar-refractivity contribution is 6.32. The molecule has 0 saturated heterocycles. The third-order valence-electron chi connectivity index (χ3n) is 4.81. The van der Waals surface area contributed by atoms with Crippen LogP contribution < -0.4 is 16.0 Å². The van der Waals surface area contributed by atoms with Crippen molar-refractivity contribution >= 4 is 28.5 Å². The third-order valence-corrected chi connectivity index (χ3v) is 4.81. The first kappa shape index (κ1) is 18.7. The number of anilines is 3. The number of carbonyl (C=O) groups excluding carboxylic acids is 1. The first-order valence-electron chi connectivity index (χ1n) is 9.43. The maximum absolute atomic E-state index is 14.4. The van der Waals surface area contributed by atoms with Crippen LogP contribution in [-0.2, 0) is 11.2 Å². The molecule has 6 heteroatoms. The van der Waals surface area contributed by atoms with Gasteiger partial charge in [0.05, 0.1) is 11.3 Å². The molecular weight excluding hydrogens is 367 g/mol. The summed E-state index contributed by atoms with van der Waals surface area (Å²) < 4.78 is 14.4. The van der Waals surface area contributed by atoms with E-state index >= 15 is 0 Å². The highest BCUT2D eigenvalue weighted by Gasteiger charge is 2.25. The Labute approximate surface area is 168 Å². The van der Waals surface area contributed by atoms with E-state index in [1.54, 1.807) is 24.5 Å². The molecule has 2 aromatic carbocycles. The maximum atomic E-state index is 14.4. The first-order valence-corrected chi connectivity index (χ1v) is 9.43. The lowest BCUT2D eigenvalue weighted by molar-refractivity contribution is -0.110. The van der Waals surface area contributed by atoms with Gasteiger partial charge in [0, 0.05) is 48.0 Å². The van der Waals surface area contributed by atoms with Gasteiger partial charge >= 0.3 is 0 Å². The van der Waals surface area contributed by atoms with Crippen molar-refractivity contribution in [2.24, 2.45) is 0 Å². The summed E-state index contributed by atoms with van der Waals surface area (Å²) in [6, 6.07) is 16.3. The molecule has 1 amide bonds. The smallest absolute Gasteiger partial charge is 0.257 e. The van der Waals surface area contributed by atoms with Crippen molar-refractivity contribution in [2.75, 3.05) is 22.5 Å². The summed E-state index contributed by atoms with van der Waals surface area (Å²) in [5.41, 5.74) is 5.17. The SMILES string of the molecule is Cc1cccc2c1C(=CNc1ccc(NCCc3ccccn3)c(F)c1)C(=O)N2.